The number of hydrogen-bond acceptors (Lipinski definition) is 6. The first-order valence-corrected chi connectivity index (χ1v) is 7.50. The first kappa shape index (κ1) is 15.0. The quantitative estimate of drug-likeness (QED) is 0.892. The average molecular weight is 300 g/mol. The van der Waals surface area contributed by atoms with E-state index < -0.39 is 6.10 Å². The van der Waals surface area contributed by atoms with Crippen molar-refractivity contribution in [3.05, 3.63) is 42.4 Å². The van der Waals surface area contributed by atoms with Gasteiger partial charge in [-0.2, -0.15) is 0 Å². The topological polar surface area (TPSA) is 71.4 Å². The van der Waals surface area contributed by atoms with Crippen molar-refractivity contribution in [1.82, 2.24) is 19.9 Å². The molecule has 0 saturated carbocycles. The number of pyridine rings is 1. The molecule has 6 heteroatoms. The largest absolute Gasteiger partial charge is 0.389 e. The van der Waals surface area contributed by atoms with Crippen LogP contribution in [0.3, 0.4) is 0 Å². The predicted octanol–water partition coefficient (Wildman–Crippen LogP) is 1.12. The summed E-state index contributed by atoms with van der Waals surface area (Å²) in [6, 6.07) is 5.67. The lowest BCUT2D eigenvalue weighted by Crippen LogP contribution is -2.26. The summed E-state index contributed by atoms with van der Waals surface area (Å²) in [6.45, 7) is 4.63. The molecule has 3 heterocycles. The maximum atomic E-state index is 9.96. The number of nitrogens with zero attached hydrogens (tertiary/aromatic N) is 4. The standard InChI is InChI=1S/C16H20N4O2/c1-2-22-15-11-20(10-14(15)21)9-12-7-18-16(19-8-12)13-5-3-4-6-17-13/h3-8,14-15,21H,2,9-11H2,1H3/t14-,15-/m0/s1. The summed E-state index contributed by atoms with van der Waals surface area (Å²) in [4.78, 5) is 15.1. The normalized spacial score (nSPS) is 22.1. The maximum Gasteiger partial charge on any atom is 0.178 e. The minimum absolute atomic E-state index is 0.0984. The van der Waals surface area contributed by atoms with Crippen molar-refractivity contribution in [1.29, 1.82) is 0 Å². The number of aromatic nitrogens is 3. The smallest absolute Gasteiger partial charge is 0.178 e. The molecule has 1 fully saturated rings. The number of rotatable bonds is 5. The van der Waals surface area contributed by atoms with Crippen LogP contribution >= 0.6 is 0 Å². The average Bonchev–Trinajstić information content (AvgIpc) is 2.89. The molecule has 3 rings (SSSR count). The van der Waals surface area contributed by atoms with Crippen molar-refractivity contribution in [3.8, 4) is 11.5 Å². The summed E-state index contributed by atoms with van der Waals surface area (Å²) in [5.41, 5.74) is 1.78. The Morgan fingerprint density at radius 2 is 2.05 bits per heavy atom. The van der Waals surface area contributed by atoms with Gasteiger partial charge in [0.25, 0.3) is 0 Å². The molecule has 0 aliphatic carbocycles. The van der Waals surface area contributed by atoms with E-state index in [0.29, 0.717) is 25.5 Å². The van der Waals surface area contributed by atoms with E-state index in [1.807, 2.05) is 37.5 Å². The summed E-state index contributed by atoms with van der Waals surface area (Å²) >= 11 is 0. The molecule has 1 aliphatic rings. The molecule has 1 N–H and O–H groups in total. The van der Waals surface area contributed by atoms with Gasteiger partial charge in [-0.25, -0.2) is 9.97 Å². The number of ether oxygens (including phenoxy) is 1. The zero-order valence-electron chi connectivity index (χ0n) is 12.6. The second-order valence-corrected chi connectivity index (χ2v) is 5.39. The second kappa shape index (κ2) is 6.91. The molecule has 0 radical (unpaired) electrons. The molecule has 0 amide bonds. The van der Waals surface area contributed by atoms with Crippen LogP contribution < -0.4 is 0 Å². The lowest BCUT2D eigenvalue weighted by Gasteiger charge is -2.15. The van der Waals surface area contributed by atoms with Gasteiger partial charge in [-0.3, -0.25) is 9.88 Å². The van der Waals surface area contributed by atoms with Gasteiger partial charge < -0.3 is 9.84 Å². The Hall–Kier alpha value is -1.89. The molecular weight excluding hydrogens is 280 g/mol. The third-order valence-corrected chi connectivity index (χ3v) is 3.70. The van der Waals surface area contributed by atoms with Crippen LogP contribution in [0.25, 0.3) is 11.5 Å². The maximum absolute atomic E-state index is 9.96. The number of aliphatic hydroxyl groups is 1. The summed E-state index contributed by atoms with van der Waals surface area (Å²) in [5.74, 6) is 0.623. The molecule has 6 nitrogen and oxygen atoms in total. The highest BCUT2D eigenvalue weighted by atomic mass is 16.5. The lowest BCUT2D eigenvalue weighted by molar-refractivity contribution is -0.00245. The highest BCUT2D eigenvalue weighted by Crippen LogP contribution is 2.17. The third-order valence-electron chi connectivity index (χ3n) is 3.70. The highest BCUT2D eigenvalue weighted by Gasteiger charge is 2.31. The summed E-state index contributed by atoms with van der Waals surface area (Å²) < 4.78 is 5.53. The van der Waals surface area contributed by atoms with E-state index >= 15 is 0 Å². The van der Waals surface area contributed by atoms with E-state index in [9.17, 15) is 5.11 Å². The van der Waals surface area contributed by atoms with Crippen LogP contribution in [0.15, 0.2) is 36.8 Å². The molecule has 0 bridgehead atoms. The molecule has 2 atom stereocenters. The van der Waals surface area contributed by atoms with E-state index in [1.54, 1.807) is 6.20 Å². The molecule has 2 aromatic rings. The molecule has 0 unspecified atom stereocenters. The Balaban J connectivity index is 1.62. The Bertz CT molecular complexity index is 591. The summed E-state index contributed by atoms with van der Waals surface area (Å²) in [7, 11) is 0. The van der Waals surface area contributed by atoms with Gasteiger partial charge in [-0.05, 0) is 19.1 Å². The summed E-state index contributed by atoms with van der Waals surface area (Å²) in [6.07, 6.45) is 4.84. The van der Waals surface area contributed by atoms with Crippen molar-refractivity contribution in [2.45, 2.75) is 25.7 Å². The van der Waals surface area contributed by atoms with E-state index in [4.69, 9.17) is 4.74 Å². The molecule has 1 aliphatic heterocycles. The van der Waals surface area contributed by atoms with Crippen molar-refractivity contribution in [3.63, 3.8) is 0 Å². The fourth-order valence-corrected chi connectivity index (χ4v) is 2.66. The fourth-order valence-electron chi connectivity index (χ4n) is 2.66. The molecular formula is C16H20N4O2. The van der Waals surface area contributed by atoms with Crippen molar-refractivity contribution in [2.24, 2.45) is 0 Å². The van der Waals surface area contributed by atoms with Crippen LogP contribution in [0.2, 0.25) is 0 Å². The Labute approximate surface area is 129 Å². The fraction of sp³-hybridized carbons (Fsp3) is 0.438. The molecule has 1 saturated heterocycles. The van der Waals surface area contributed by atoms with Crippen LogP contribution in [0, 0.1) is 0 Å². The van der Waals surface area contributed by atoms with E-state index in [0.717, 1.165) is 17.8 Å². The minimum Gasteiger partial charge on any atom is -0.389 e. The van der Waals surface area contributed by atoms with Gasteiger partial charge in [0.05, 0.1) is 12.2 Å². The Morgan fingerprint density at radius 1 is 1.23 bits per heavy atom. The predicted molar refractivity (Wildman–Crippen MR) is 82.0 cm³/mol. The minimum atomic E-state index is -0.423. The third kappa shape index (κ3) is 3.47. The van der Waals surface area contributed by atoms with E-state index in [-0.39, 0.29) is 6.10 Å². The van der Waals surface area contributed by atoms with Crippen molar-refractivity contribution >= 4 is 0 Å². The Kier molecular flexibility index (Phi) is 4.72. The Morgan fingerprint density at radius 3 is 2.73 bits per heavy atom. The van der Waals surface area contributed by atoms with Crippen LogP contribution in [-0.2, 0) is 11.3 Å². The van der Waals surface area contributed by atoms with Gasteiger partial charge in [0, 0.05) is 50.4 Å². The van der Waals surface area contributed by atoms with Gasteiger partial charge in [-0.15, -0.1) is 0 Å². The van der Waals surface area contributed by atoms with Gasteiger partial charge in [0.1, 0.15) is 5.69 Å². The van der Waals surface area contributed by atoms with Crippen molar-refractivity contribution < 1.29 is 9.84 Å². The van der Waals surface area contributed by atoms with E-state index in [2.05, 4.69) is 19.9 Å². The van der Waals surface area contributed by atoms with Crippen LogP contribution in [0.4, 0.5) is 0 Å². The van der Waals surface area contributed by atoms with Crippen LogP contribution in [0.1, 0.15) is 12.5 Å². The first-order valence-electron chi connectivity index (χ1n) is 7.50. The monoisotopic (exact) mass is 300 g/mol. The van der Waals surface area contributed by atoms with E-state index in [1.165, 1.54) is 0 Å². The SMILES string of the molecule is CCO[C@H]1CN(Cc2cnc(-c3ccccn3)nc2)C[C@@H]1O. The number of likely N-dealkylation sites (tertiary alicyclic amines) is 1. The number of β-amino-alcohol motifs (C(OH)–C–C–N with tert-alkyl or cyclic N) is 1. The summed E-state index contributed by atoms with van der Waals surface area (Å²) in [5, 5.41) is 9.96. The van der Waals surface area contributed by atoms with Gasteiger partial charge >= 0.3 is 0 Å². The van der Waals surface area contributed by atoms with Crippen LogP contribution in [0.5, 0.6) is 0 Å². The molecule has 2 aromatic heterocycles. The molecule has 22 heavy (non-hydrogen) atoms. The highest BCUT2D eigenvalue weighted by molar-refractivity contribution is 5.47. The molecule has 0 spiro atoms. The number of hydrogen-bond donors (Lipinski definition) is 1. The zero-order chi connectivity index (χ0) is 15.4. The van der Waals surface area contributed by atoms with Crippen LogP contribution in [-0.4, -0.2) is 56.9 Å². The van der Waals surface area contributed by atoms with Gasteiger partial charge in [0.15, 0.2) is 5.82 Å². The number of aliphatic hydroxyl groups excluding tert-OH is 1. The van der Waals surface area contributed by atoms with Gasteiger partial charge in [-0.1, -0.05) is 6.07 Å². The zero-order valence-corrected chi connectivity index (χ0v) is 12.6. The first-order chi connectivity index (χ1) is 10.8. The molecule has 116 valence electrons. The van der Waals surface area contributed by atoms with Crippen molar-refractivity contribution in [2.75, 3.05) is 19.7 Å². The lowest BCUT2D eigenvalue weighted by atomic mass is 10.3. The second-order valence-electron chi connectivity index (χ2n) is 5.39. The molecule has 0 aromatic carbocycles. The van der Waals surface area contributed by atoms with Gasteiger partial charge in [0.2, 0.25) is 0 Å².